The molecule has 0 bridgehead atoms. The van der Waals surface area contributed by atoms with E-state index in [-0.39, 0.29) is 6.10 Å². The van der Waals surface area contributed by atoms with Gasteiger partial charge in [-0.2, -0.15) is 10.5 Å². The van der Waals surface area contributed by atoms with E-state index in [4.69, 9.17) is 9.15 Å². The van der Waals surface area contributed by atoms with E-state index in [0.29, 0.717) is 28.9 Å². The summed E-state index contributed by atoms with van der Waals surface area (Å²) < 4.78 is 17.0. The van der Waals surface area contributed by atoms with Crippen molar-refractivity contribution in [2.75, 3.05) is 0 Å². The van der Waals surface area contributed by atoms with E-state index >= 15 is 0 Å². The predicted molar refractivity (Wildman–Crippen MR) is 197 cm³/mol. The van der Waals surface area contributed by atoms with E-state index in [9.17, 15) is 10.5 Å². The van der Waals surface area contributed by atoms with Gasteiger partial charge in [-0.1, -0.05) is 72.8 Å². The number of furan rings is 1. The average molecular weight is 641 g/mol. The Kier molecular flexibility index (Phi) is 5.27. The van der Waals surface area contributed by atoms with Crippen LogP contribution < -0.4 is 4.74 Å². The lowest BCUT2D eigenvalue weighted by atomic mass is 9.90. The zero-order valence-electron chi connectivity index (χ0n) is 26.5. The van der Waals surface area contributed by atoms with Gasteiger partial charge < -0.3 is 18.3 Å². The molecular formula is C44H24N4O2. The van der Waals surface area contributed by atoms with Crippen molar-refractivity contribution in [3.8, 4) is 29.3 Å². The summed E-state index contributed by atoms with van der Waals surface area (Å²) in [5.74, 6) is 0.894. The van der Waals surface area contributed by atoms with Crippen LogP contribution in [0.5, 0.6) is 5.75 Å². The molecule has 0 fully saturated rings. The number of nitriles is 2. The number of ether oxygens (including phenoxy) is 1. The first kappa shape index (κ1) is 27.0. The van der Waals surface area contributed by atoms with E-state index < -0.39 is 0 Å². The number of nitrogens with zero attached hydrogens (tertiary/aromatic N) is 4. The number of rotatable bonds is 2. The summed E-state index contributed by atoms with van der Waals surface area (Å²) in [6, 6.07) is 45.7. The minimum atomic E-state index is -0.0687. The van der Waals surface area contributed by atoms with Crippen molar-refractivity contribution in [3.63, 3.8) is 0 Å². The molecular weight excluding hydrogens is 617 g/mol. The second kappa shape index (κ2) is 9.76. The fraction of sp³-hybridized carbons (Fsp3) is 0.0455. The number of benzene rings is 6. The third kappa shape index (κ3) is 3.49. The van der Waals surface area contributed by atoms with Crippen molar-refractivity contribution in [1.82, 2.24) is 9.13 Å². The maximum absolute atomic E-state index is 10.8. The highest BCUT2D eigenvalue weighted by atomic mass is 16.5. The summed E-state index contributed by atoms with van der Waals surface area (Å²) in [5, 5.41) is 26.8. The normalized spacial score (nSPS) is 14.8. The molecule has 0 N–H and O–H groups in total. The lowest BCUT2D eigenvalue weighted by molar-refractivity contribution is 0.276. The van der Waals surface area contributed by atoms with Crippen LogP contribution >= 0.6 is 0 Å². The van der Waals surface area contributed by atoms with E-state index in [1.54, 1.807) is 0 Å². The number of hydrogen-bond acceptors (Lipinski definition) is 4. The quantitative estimate of drug-likeness (QED) is 0.188. The van der Waals surface area contributed by atoms with Crippen LogP contribution in [0.3, 0.4) is 0 Å². The number of aromatic nitrogens is 2. The lowest BCUT2D eigenvalue weighted by Gasteiger charge is -2.20. The largest absolute Gasteiger partial charge is 0.485 e. The minimum Gasteiger partial charge on any atom is -0.485 e. The molecule has 0 saturated heterocycles. The molecule has 3 aromatic heterocycles. The Hall–Kier alpha value is -7.02. The Labute approximate surface area is 285 Å². The highest BCUT2D eigenvalue weighted by Gasteiger charge is 2.35. The maximum Gasteiger partial charge on any atom is 0.136 e. The fourth-order valence-corrected chi connectivity index (χ4v) is 8.38. The molecule has 232 valence electrons. The van der Waals surface area contributed by atoms with Gasteiger partial charge in [0.2, 0.25) is 0 Å². The first-order chi connectivity index (χ1) is 24.7. The lowest BCUT2D eigenvalue weighted by Crippen LogP contribution is -2.19. The summed E-state index contributed by atoms with van der Waals surface area (Å²) in [6.07, 6.45) is 2.86. The van der Waals surface area contributed by atoms with Gasteiger partial charge in [0.05, 0.1) is 44.7 Å². The molecule has 1 unspecified atom stereocenters. The van der Waals surface area contributed by atoms with E-state index in [2.05, 4.69) is 75.9 Å². The van der Waals surface area contributed by atoms with Gasteiger partial charge in [-0.05, 0) is 60.2 Å². The van der Waals surface area contributed by atoms with Crippen LogP contribution in [-0.2, 0) is 6.42 Å². The molecule has 4 heterocycles. The molecule has 0 saturated carbocycles. The SMILES string of the molecule is N#Cc1cc(-n2c3ccccc3c3cc4oc5ccccc5c4cc32)c(C#N)cc1-n1c2c(c3ccccc31)CC1Oc3ccccc3C1=C2. The van der Waals surface area contributed by atoms with Crippen molar-refractivity contribution in [1.29, 1.82) is 10.5 Å². The van der Waals surface area contributed by atoms with E-state index in [1.807, 2.05) is 72.8 Å². The molecule has 50 heavy (non-hydrogen) atoms. The van der Waals surface area contributed by atoms with Crippen LogP contribution in [0.4, 0.5) is 0 Å². The zero-order valence-corrected chi connectivity index (χ0v) is 26.5. The molecule has 0 radical (unpaired) electrons. The molecule has 6 nitrogen and oxygen atoms in total. The van der Waals surface area contributed by atoms with Crippen LogP contribution in [0.25, 0.3) is 77.7 Å². The monoisotopic (exact) mass is 640 g/mol. The van der Waals surface area contributed by atoms with Crippen LogP contribution in [-0.4, -0.2) is 15.2 Å². The van der Waals surface area contributed by atoms with Crippen molar-refractivity contribution in [2.24, 2.45) is 0 Å². The third-order valence-corrected chi connectivity index (χ3v) is 10.5. The average Bonchev–Trinajstić information content (AvgIpc) is 3.90. The van der Waals surface area contributed by atoms with Crippen molar-refractivity contribution in [2.45, 2.75) is 12.5 Å². The maximum atomic E-state index is 10.8. The zero-order chi connectivity index (χ0) is 33.1. The summed E-state index contributed by atoms with van der Waals surface area (Å²) in [7, 11) is 0. The van der Waals surface area contributed by atoms with Crippen LogP contribution in [0.1, 0.15) is 27.9 Å². The van der Waals surface area contributed by atoms with Gasteiger partial charge in [0.1, 0.15) is 35.2 Å². The predicted octanol–water partition coefficient (Wildman–Crippen LogP) is 10.2. The summed E-state index contributed by atoms with van der Waals surface area (Å²) >= 11 is 0. The van der Waals surface area contributed by atoms with Gasteiger partial charge >= 0.3 is 0 Å². The van der Waals surface area contributed by atoms with Crippen LogP contribution in [0, 0.1) is 22.7 Å². The highest BCUT2D eigenvalue weighted by Crippen LogP contribution is 2.46. The topological polar surface area (TPSA) is 79.8 Å². The second-order valence-electron chi connectivity index (χ2n) is 13.0. The molecule has 9 aromatic rings. The first-order valence-electron chi connectivity index (χ1n) is 16.6. The molecule has 6 aromatic carbocycles. The van der Waals surface area contributed by atoms with Gasteiger partial charge in [-0.15, -0.1) is 0 Å². The summed E-state index contributed by atoms with van der Waals surface area (Å²) in [5.41, 5.74) is 11.2. The molecule has 1 aliphatic carbocycles. The Morgan fingerprint density at radius 2 is 1.24 bits per heavy atom. The van der Waals surface area contributed by atoms with Crippen LogP contribution in [0.15, 0.2) is 126 Å². The Balaban J connectivity index is 1.19. The molecule has 1 aliphatic heterocycles. The molecule has 1 atom stereocenters. The van der Waals surface area contributed by atoms with Crippen molar-refractivity contribution < 1.29 is 9.15 Å². The van der Waals surface area contributed by atoms with E-state index in [1.165, 1.54) is 5.56 Å². The second-order valence-corrected chi connectivity index (χ2v) is 13.0. The number of para-hydroxylation sites is 4. The van der Waals surface area contributed by atoms with Gasteiger partial charge in [-0.25, -0.2) is 0 Å². The Morgan fingerprint density at radius 3 is 2.04 bits per heavy atom. The fourth-order valence-electron chi connectivity index (χ4n) is 8.38. The third-order valence-electron chi connectivity index (χ3n) is 10.5. The molecule has 6 heteroatoms. The van der Waals surface area contributed by atoms with Gasteiger partial charge in [0, 0.05) is 44.5 Å². The standard InChI is InChI=1S/C44H24N4O2/c45-23-25-18-38(48-36-14-6-2-10-28(36)32-22-44-34(20-40(32)48)30-12-4-8-16-42(30)50-44)26(24-46)17-37(25)47-35-13-5-1-9-27(35)31-21-43-33(19-39(31)47)29-11-3-7-15-41(29)49-43/h1-21,44H,22H2. The Bertz CT molecular complexity index is 3080. The van der Waals surface area contributed by atoms with Crippen molar-refractivity contribution in [3.05, 3.63) is 149 Å². The summed E-state index contributed by atoms with van der Waals surface area (Å²) in [6.45, 7) is 0. The number of fused-ring (bicyclic) bond motifs is 12. The smallest absolute Gasteiger partial charge is 0.136 e. The first-order valence-corrected chi connectivity index (χ1v) is 16.6. The molecule has 11 rings (SSSR count). The molecule has 2 aliphatic rings. The van der Waals surface area contributed by atoms with Gasteiger partial charge in [0.15, 0.2) is 0 Å². The summed E-state index contributed by atoms with van der Waals surface area (Å²) in [4.78, 5) is 0. The van der Waals surface area contributed by atoms with Crippen molar-refractivity contribution >= 4 is 66.3 Å². The Morgan fingerprint density at radius 1 is 0.580 bits per heavy atom. The van der Waals surface area contributed by atoms with E-state index in [0.717, 1.165) is 77.2 Å². The van der Waals surface area contributed by atoms with Gasteiger partial charge in [0.25, 0.3) is 0 Å². The molecule has 0 amide bonds. The van der Waals surface area contributed by atoms with Crippen LogP contribution in [0.2, 0.25) is 0 Å². The minimum absolute atomic E-state index is 0.0687. The number of hydrogen-bond donors (Lipinski definition) is 0. The molecule has 0 spiro atoms. The van der Waals surface area contributed by atoms with Gasteiger partial charge in [-0.3, -0.25) is 0 Å². The highest BCUT2D eigenvalue weighted by molar-refractivity contribution is 6.17.